The number of ether oxygens (including phenoxy) is 1. The lowest BCUT2D eigenvalue weighted by Crippen LogP contribution is -2.15. The molecular formula is C13H12F2O3. The van der Waals surface area contributed by atoms with E-state index in [9.17, 15) is 18.7 Å². The molecule has 3 nitrogen and oxygen atoms in total. The normalized spacial score (nSPS) is 28.3. The molecule has 1 spiro atoms. The third-order valence-corrected chi connectivity index (χ3v) is 4.18. The highest BCUT2D eigenvalue weighted by Crippen LogP contribution is 2.63. The summed E-state index contributed by atoms with van der Waals surface area (Å²) in [6, 6.07) is 0.794. The summed E-state index contributed by atoms with van der Waals surface area (Å²) in [6.45, 7) is 0. The first-order valence-electron chi connectivity index (χ1n) is 5.79. The van der Waals surface area contributed by atoms with Gasteiger partial charge in [0.25, 0.3) is 0 Å². The van der Waals surface area contributed by atoms with Crippen molar-refractivity contribution < 1.29 is 23.4 Å². The van der Waals surface area contributed by atoms with Crippen LogP contribution in [0, 0.1) is 17.6 Å². The van der Waals surface area contributed by atoms with Gasteiger partial charge in [-0.1, -0.05) is 0 Å². The Hall–Kier alpha value is -1.65. The molecule has 18 heavy (non-hydrogen) atoms. The van der Waals surface area contributed by atoms with Crippen LogP contribution in [0.3, 0.4) is 0 Å². The third kappa shape index (κ3) is 1.24. The highest BCUT2D eigenvalue weighted by atomic mass is 19.1. The minimum absolute atomic E-state index is 0.176. The molecule has 1 saturated carbocycles. The van der Waals surface area contributed by atoms with Gasteiger partial charge >= 0.3 is 5.97 Å². The molecule has 2 atom stereocenters. The van der Waals surface area contributed by atoms with Crippen LogP contribution < -0.4 is 0 Å². The zero-order valence-corrected chi connectivity index (χ0v) is 9.80. The average Bonchev–Trinajstić information content (AvgIpc) is 2.92. The molecular weight excluding hydrogens is 242 g/mol. The molecule has 2 aliphatic carbocycles. The quantitative estimate of drug-likeness (QED) is 0.780. The molecule has 1 fully saturated rings. The minimum atomic E-state index is -0.796. The van der Waals surface area contributed by atoms with Crippen LogP contribution in [0.2, 0.25) is 0 Å². The number of halogens is 2. The number of hydrogen-bond acceptors (Lipinski definition) is 3. The molecule has 5 heteroatoms. The highest BCUT2D eigenvalue weighted by Gasteiger charge is 2.64. The zero-order valence-electron chi connectivity index (χ0n) is 9.80. The fourth-order valence-corrected chi connectivity index (χ4v) is 3.20. The van der Waals surface area contributed by atoms with E-state index in [1.54, 1.807) is 0 Å². The highest BCUT2D eigenvalue weighted by molar-refractivity contribution is 5.80. The molecule has 1 aromatic rings. The molecule has 0 bridgehead atoms. The number of phenols is 1. The van der Waals surface area contributed by atoms with Crippen LogP contribution in [0.5, 0.6) is 5.75 Å². The van der Waals surface area contributed by atoms with Gasteiger partial charge in [0.1, 0.15) is 5.82 Å². The first-order chi connectivity index (χ1) is 8.51. The molecule has 0 unspecified atom stereocenters. The Morgan fingerprint density at radius 2 is 2.28 bits per heavy atom. The van der Waals surface area contributed by atoms with E-state index in [0.717, 1.165) is 6.07 Å². The lowest BCUT2D eigenvalue weighted by molar-refractivity contribution is -0.142. The van der Waals surface area contributed by atoms with Crippen LogP contribution in [-0.4, -0.2) is 18.2 Å². The number of rotatable bonds is 1. The van der Waals surface area contributed by atoms with Gasteiger partial charge in [0.05, 0.1) is 13.0 Å². The monoisotopic (exact) mass is 254 g/mol. The van der Waals surface area contributed by atoms with E-state index in [-0.39, 0.29) is 11.1 Å². The molecule has 0 radical (unpaired) electrons. The molecule has 3 rings (SSSR count). The van der Waals surface area contributed by atoms with E-state index in [4.69, 9.17) is 0 Å². The van der Waals surface area contributed by atoms with Crippen molar-refractivity contribution in [3.05, 3.63) is 28.8 Å². The van der Waals surface area contributed by atoms with E-state index in [0.29, 0.717) is 19.3 Å². The standard InChI is InChI=1S/C13H12F2O3/c1-18-12(17)7-5-13(7)3-2-6-8(14)4-9(16)11(15)10(6)13/h4,7,16H,2-3,5H2,1H3/t7-,13+/m1/s1. The summed E-state index contributed by atoms with van der Waals surface area (Å²) in [5.41, 5.74) is -0.196. The molecule has 1 N–H and O–H groups in total. The lowest BCUT2D eigenvalue weighted by Gasteiger charge is -2.12. The van der Waals surface area contributed by atoms with Crippen LogP contribution in [0.1, 0.15) is 24.0 Å². The van der Waals surface area contributed by atoms with E-state index >= 15 is 0 Å². The molecule has 0 heterocycles. The van der Waals surface area contributed by atoms with Gasteiger partial charge in [-0.05, 0) is 24.8 Å². The predicted molar refractivity (Wildman–Crippen MR) is 58.1 cm³/mol. The van der Waals surface area contributed by atoms with Gasteiger partial charge in [0.15, 0.2) is 11.6 Å². The Morgan fingerprint density at radius 3 is 2.94 bits per heavy atom. The second-order valence-corrected chi connectivity index (χ2v) is 4.98. The molecule has 0 aromatic heterocycles. The first kappa shape index (κ1) is 11.4. The Bertz CT molecular complexity index is 556. The number of fused-ring (bicyclic) bond motifs is 2. The van der Waals surface area contributed by atoms with E-state index in [2.05, 4.69) is 4.74 Å². The van der Waals surface area contributed by atoms with Gasteiger partial charge in [0.2, 0.25) is 0 Å². The second kappa shape index (κ2) is 3.43. The van der Waals surface area contributed by atoms with Crippen molar-refractivity contribution >= 4 is 5.97 Å². The van der Waals surface area contributed by atoms with Crippen LogP contribution in [-0.2, 0) is 21.4 Å². The van der Waals surface area contributed by atoms with Crippen molar-refractivity contribution in [3.63, 3.8) is 0 Å². The van der Waals surface area contributed by atoms with Crippen LogP contribution >= 0.6 is 0 Å². The first-order valence-corrected chi connectivity index (χ1v) is 5.79. The average molecular weight is 254 g/mol. The summed E-state index contributed by atoms with van der Waals surface area (Å²) >= 11 is 0. The third-order valence-electron chi connectivity index (χ3n) is 4.18. The molecule has 0 aliphatic heterocycles. The van der Waals surface area contributed by atoms with Gasteiger partial charge in [-0.25, -0.2) is 8.78 Å². The van der Waals surface area contributed by atoms with Crippen molar-refractivity contribution in [2.75, 3.05) is 7.11 Å². The molecule has 2 aliphatic rings. The molecule has 0 amide bonds. The van der Waals surface area contributed by atoms with E-state index in [1.807, 2.05) is 0 Å². The molecule has 0 saturated heterocycles. The number of aromatic hydroxyl groups is 1. The fraction of sp³-hybridized carbons (Fsp3) is 0.462. The lowest BCUT2D eigenvalue weighted by atomic mass is 9.94. The number of carbonyl (C=O) groups excluding carboxylic acids is 1. The number of benzene rings is 1. The van der Waals surface area contributed by atoms with Crippen LogP contribution in [0.4, 0.5) is 8.78 Å². The van der Waals surface area contributed by atoms with Gasteiger partial charge in [-0.3, -0.25) is 4.79 Å². The maximum Gasteiger partial charge on any atom is 0.309 e. The maximum atomic E-state index is 14.0. The minimum Gasteiger partial charge on any atom is -0.505 e. The maximum absolute atomic E-state index is 14.0. The van der Waals surface area contributed by atoms with E-state index < -0.39 is 34.7 Å². The van der Waals surface area contributed by atoms with Crippen molar-refractivity contribution in [3.8, 4) is 5.75 Å². The molecule has 1 aromatic carbocycles. The summed E-state index contributed by atoms with van der Waals surface area (Å²) in [7, 11) is 1.28. The predicted octanol–water partition coefficient (Wildman–Crippen LogP) is 2.05. The van der Waals surface area contributed by atoms with Gasteiger partial charge in [0, 0.05) is 17.0 Å². The second-order valence-electron chi connectivity index (χ2n) is 4.98. The smallest absolute Gasteiger partial charge is 0.309 e. The fourth-order valence-electron chi connectivity index (χ4n) is 3.20. The molecule has 96 valence electrons. The van der Waals surface area contributed by atoms with Crippen molar-refractivity contribution in [2.45, 2.75) is 24.7 Å². The van der Waals surface area contributed by atoms with Crippen molar-refractivity contribution in [2.24, 2.45) is 5.92 Å². The summed E-state index contributed by atoms with van der Waals surface area (Å²) in [5, 5.41) is 9.38. The summed E-state index contributed by atoms with van der Waals surface area (Å²) < 4.78 is 32.3. The Morgan fingerprint density at radius 1 is 1.56 bits per heavy atom. The topological polar surface area (TPSA) is 46.5 Å². The van der Waals surface area contributed by atoms with Crippen LogP contribution in [0.15, 0.2) is 6.07 Å². The van der Waals surface area contributed by atoms with Crippen molar-refractivity contribution in [1.29, 1.82) is 0 Å². The van der Waals surface area contributed by atoms with Gasteiger partial charge < -0.3 is 9.84 Å². The number of methoxy groups -OCH3 is 1. The SMILES string of the molecule is COC(=O)[C@H]1C[C@@]12CCc1c(F)cc(O)c(F)c12. The Balaban J connectivity index is 2.11. The van der Waals surface area contributed by atoms with Gasteiger partial charge in [-0.2, -0.15) is 0 Å². The summed E-state index contributed by atoms with van der Waals surface area (Å²) in [6.07, 6.45) is 1.39. The van der Waals surface area contributed by atoms with Crippen molar-refractivity contribution in [1.82, 2.24) is 0 Å². The zero-order chi connectivity index (χ0) is 13.1. The summed E-state index contributed by atoms with van der Waals surface area (Å²) in [5.74, 6) is -2.90. The van der Waals surface area contributed by atoms with Crippen LogP contribution in [0.25, 0.3) is 0 Å². The van der Waals surface area contributed by atoms with E-state index in [1.165, 1.54) is 7.11 Å². The van der Waals surface area contributed by atoms with Gasteiger partial charge in [-0.15, -0.1) is 0 Å². The Kier molecular flexibility index (Phi) is 2.18. The summed E-state index contributed by atoms with van der Waals surface area (Å²) in [4.78, 5) is 11.5. The Labute approximate surface area is 102 Å². The number of carbonyl (C=O) groups is 1. The number of phenolic OH excluding ortho intramolecular Hbond substituents is 1. The number of esters is 1. The largest absolute Gasteiger partial charge is 0.505 e. The number of hydrogen-bond donors (Lipinski definition) is 1.